The Morgan fingerprint density at radius 3 is 0.600 bits per heavy atom. The van der Waals surface area contributed by atoms with Crippen molar-refractivity contribution in [3.63, 3.8) is 0 Å². The normalized spacial score (nSPS) is 11.1. The summed E-state index contributed by atoms with van der Waals surface area (Å²) in [6, 6.07) is 15.3. The summed E-state index contributed by atoms with van der Waals surface area (Å²) in [5, 5.41) is 0. The molecular formula is C72H80O28. The highest BCUT2D eigenvalue weighted by molar-refractivity contribution is 5.95. The summed E-state index contributed by atoms with van der Waals surface area (Å²) in [5.41, 5.74) is 7.23. The average Bonchev–Trinajstić information content (AvgIpc) is 0.779. The van der Waals surface area contributed by atoms with Crippen molar-refractivity contribution in [1.82, 2.24) is 0 Å². The first kappa shape index (κ1) is 79.4. The maximum absolute atomic E-state index is 13.2. The first-order valence-corrected chi connectivity index (χ1v) is 30.9. The van der Waals surface area contributed by atoms with E-state index >= 15 is 0 Å². The van der Waals surface area contributed by atoms with Crippen molar-refractivity contribution >= 4 is 71.6 Å². The predicted molar refractivity (Wildman–Crippen MR) is 349 cm³/mol. The lowest BCUT2D eigenvalue weighted by Crippen LogP contribution is -2.20. The third-order valence-electron chi connectivity index (χ3n) is 14.2. The molecule has 0 unspecified atom stereocenters. The van der Waals surface area contributed by atoms with Crippen molar-refractivity contribution < 1.29 is 133 Å². The predicted octanol–water partition coefficient (Wildman–Crippen LogP) is 5.93. The summed E-state index contributed by atoms with van der Waals surface area (Å²) in [5.74, 6) is -9.36. The van der Waals surface area contributed by atoms with Gasteiger partial charge < -0.3 is 75.8 Å². The minimum Gasteiger partial charge on any atom is -0.489 e. The van der Waals surface area contributed by atoms with Gasteiger partial charge in [-0.15, -0.1) is 0 Å². The highest BCUT2D eigenvalue weighted by atomic mass is 16.6. The van der Waals surface area contributed by atoms with E-state index in [9.17, 15) is 57.5 Å². The number of carbonyl (C=O) groups excluding carboxylic acids is 12. The minimum atomic E-state index is -0.951. The monoisotopic (exact) mass is 1390 g/mol. The number of hydrogen-bond donors (Lipinski definition) is 0. The number of hydrogen-bond acceptors (Lipinski definition) is 28. The molecule has 0 heterocycles. The summed E-state index contributed by atoms with van der Waals surface area (Å²) in [6.07, 6.45) is -2.30. The number of aryl methyl sites for hydroxylation is 4. The molecule has 28 nitrogen and oxygen atoms in total. The Labute approximate surface area is 576 Å². The van der Waals surface area contributed by atoms with Gasteiger partial charge in [0.25, 0.3) is 0 Å². The third kappa shape index (κ3) is 25.9. The van der Waals surface area contributed by atoms with E-state index in [4.69, 9.17) is 56.8 Å². The molecule has 0 radical (unpaired) electrons. The van der Waals surface area contributed by atoms with Crippen LogP contribution in [-0.4, -0.2) is 179 Å². The molecule has 0 fully saturated rings. The molecule has 0 atom stereocenters. The quantitative estimate of drug-likeness (QED) is 0.0147. The molecule has 536 valence electrons. The van der Waals surface area contributed by atoms with Crippen LogP contribution in [0, 0.1) is 27.7 Å². The van der Waals surface area contributed by atoms with Crippen LogP contribution >= 0.6 is 0 Å². The van der Waals surface area contributed by atoms with Gasteiger partial charge in [-0.1, -0.05) is 97.1 Å². The standard InChI is InChI=1S/C72H80O28/c1-41-21-49-29-51-23-42(2)25-53(66(51)90-14-18-94-70(82)46(6)38-98-62(78)34-58(74)86-10)31-55-27-44(4)28-56(68(55)92-16-20-96-72(84)48(8)40-100-64(80)36-60(76)88-12)32-54-26-43(3)24-52(67(54)91-15-19-95-71(83)47(7)39-99-63(79)35-59(75)87-11)30-50(22-41)65(49)89-13-17-93-69(81)45(5)37-97-61(77)33-57(73)85-9/h21-28H,5-8,13-20,29-40H2,1-4,9-12H3. The highest BCUT2D eigenvalue weighted by Gasteiger charge is 2.26. The Kier molecular flexibility index (Phi) is 31.6. The summed E-state index contributed by atoms with van der Waals surface area (Å²) < 4.78 is 86.8. The number of methoxy groups -OCH3 is 4. The Hall–Kier alpha value is -11.3. The summed E-state index contributed by atoms with van der Waals surface area (Å²) >= 11 is 0. The number of esters is 12. The first-order valence-electron chi connectivity index (χ1n) is 30.9. The molecule has 0 aromatic heterocycles. The second-order valence-electron chi connectivity index (χ2n) is 22.4. The Morgan fingerprint density at radius 1 is 0.270 bits per heavy atom. The zero-order chi connectivity index (χ0) is 73.6. The van der Waals surface area contributed by atoms with Crippen molar-refractivity contribution in [2.75, 3.05) is 108 Å². The van der Waals surface area contributed by atoms with Crippen molar-refractivity contribution in [3.8, 4) is 23.0 Å². The molecule has 0 spiro atoms. The lowest BCUT2D eigenvalue weighted by Gasteiger charge is -2.24. The van der Waals surface area contributed by atoms with Crippen LogP contribution < -0.4 is 18.9 Å². The van der Waals surface area contributed by atoms with Crippen LogP contribution in [0.4, 0.5) is 0 Å². The van der Waals surface area contributed by atoms with Gasteiger partial charge in [0.2, 0.25) is 0 Å². The molecule has 0 saturated heterocycles. The molecule has 5 rings (SSSR count). The number of fused-ring (bicyclic) bond motifs is 8. The summed E-state index contributed by atoms with van der Waals surface area (Å²) in [6.45, 7) is 17.7. The van der Waals surface area contributed by atoms with E-state index in [-0.39, 0.29) is 101 Å². The molecule has 4 aromatic rings. The Morgan fingerprint density at radius 2 is 0.440 bits per heavy atom. The molecule has 1 aliphatic carbocycles. The number of carbonyl (C=O) groups is 12. The van der Waals surface area contributed by atoms with Crippen LogP contribution in [0.3, 0.4) is 0 Å². The van der Waals surface area contributed by atoms with Gasteiger partial charge >= 0.3 is 71.6 Å². The molecule has 28 heteroatoms. The molecule has 1 aliphatic rings. The fourth-order valence-corrected chi connectivity index (χ4v) is 9.72. The summed E-state index contributed by atoms with van der Waals surface area (Å²) in [7, 11) is 4.41. The van der Waals surface area contributed by atoms with Crippen LogP contribution in [0.5, 0.6) is 23.0 Å². The third-order valence-corrected chi connectivity index (χ3v) is 14.2. The van der Waals surface area contributed by atoms with Gasteiger partial charge in [0.05, 0.1) is 50.7 Å². The van der Waals surface area contributed by atoms with Gasteiger partial charge in [0, 0.05) is 25.7 Å². The van der Waals surface area contributed by atoms with E-state index in [1.165, 1.54) is 0 Å². The SMILES string of the molecule is C=C(COC(=O)CC(=O)OC)C(=O)OCCOc1c2cc(C)cc1Cc1cc(C)cc(c1OCCOC(=O)C(=C)COC(=O)CC(=O)OC)Cc1cc(C)cc(c1OCCOC(=O)C(=C)COC(=O)CC(=O)OC)Cc1cc(C)cc(c1OCCOC(=O)C(=C)COC(=O)CC(=O)OC)C2. The maximum Gasteiger partial charge on any atom is 0.337 e. The van der Waals surface area contributed by atoms with Crippen LogP contribution in [0.1, 0.15) is 92.4 Å². The van der Waals surface area contributed by atoms with E-state index in [0.29, 0.717) is 67.5 Å². The Balaban J connectivity index is 1.62. The van der Waals surface area contributed by atoms with Crippen molar-refractivity contribution in [1.29, 1.82) is 0 Å². The van der Waals surface area contributed by atoms with Gasteiger partial charge in [-0.2, -0.15) is 0 Å². The van der Waals surface area contributed by atoms with Crippen LogP contribution in [0.15, 0.2) is 97.1 Å². The van der Waals surface area contributed by atoms with Crippen molar-refractivity contribution in [2.45, 2.75) is 79.1 Å². The zero-order valence-corrected chi connectivity index (χ0v) is 57.0. The maximum atomic E-state index is 13.2. The summed E-state index contributed by atoms with van der Waals surface area (Å²) in [4.78, 5) is 148. The van der Waals surface area contributed by atoms with Gasteiger partial charge in [0.15, 0.2) is 0 Å². The van der Waals surface area contributed by atoms with E-state index in [1.807, 2.05) is 76.2 Å². The van der Waals surface area contributed by atoms with E-state index in [1.54, 1.807) is 0 Å². The van der Waals surface area contributed by atoms with Gasteiger partial charge in [-0.3, -0.25) is 38.4 Å². The average molecular weight is 1390 g/mol. The highest BCUT2D eigenvalue weighted by Crippen LogP contribution is 2.41. The fraction of sp³-hybridized carbons (Fsp3) is 0.389. The molecule has 8 bridgehead atoms. The van der Waals surface area contributed by atoms with Crippen molar-refractivity contribution in [2.24, 2.45) is 0 Å². The first-order chi connectivity index (χ1) is 47.6. The molecule has 0 N–H and O–H groups in total. The molecule has 4 aromatic carbocycles. The number of ether oxygens (including phenoxy) is 16. The second-order valence-corrected chi connectivity index (χ2v) is 22.4. The van der Waals surface area contributed by atoms with E-state index < -0.39 is 124 Å². The van der Waals surface area contributed by atoms with Gasteiger partial charge in [-0.05, 0) is 72.2 Å². The zero-order valence-electron chi connectivity index (χ0n) is 57.0. The minimum absolute atomic E-state index is 0.113. The molecule has 100 heavy (non-hydrogen) atoms. The van der Waals surface area contributed by atoms with Crippen LogP contribution in [0.25, 0.3) is 0 Å². The van der Waals surface area contributed by atoms with Crippen LogP contribution in [0.2, 0.25) is 0 Å². The van der Waals surface area contributed by atoms with Crippen molar-refractivity contribution in [3.05, 3.63) is 164 Å². The second kappa shape index (κ2) is 39.8. The number of benzene rings is 4. The smallest absolute Gasteiger partial charge is 0.337 e. The van der Waals surface area contributed by atoms with E-state index in [0.717, 1.165) is 50.7 Å². The van der Waals surface area contributed by atoms with Gasteiger partial charge in [0.1, 0.15) is 128 Å². The molecule has 0 aliphatic heterocycles. The lowest BCUT2D eigenvalue weighted by atomic mass is 9.88. The fourth-order valence-electron chi connectivity index (χ4n) is 9.72. The van der Waals surface area contributed by atoms with E-state index in [2.05, 4.69) is 45.3 Å². The lowest BCUT2D eigenvalue weighted by molar-refractivity contribution is -0.155. The van der Waals surface area contributed by atoms with Crippen LogP contribution in [-0.2, 0) is 140 Å². The molecule has 0 saturated carbocycles. The Bertz CT molecular complexity index is 3220. The largest absolute Gasteiger partial charge is 0.489 e. The number of rotatable bonds is 36. The topological polar surface area (TPSA) is 353 Å². The molecule has 0 amide bonds. The molecular weight excluding hydrogens is 1310 g/mol. The van der Waals surface area contributed by atoms with Gasteiger partial charge in [-0.25, -0.2) is 19.2 Å².